The van der Waals surface area contributed by atoms with Gasteiger partial charge in [-0.25, -0.2) is 0 Å². The van der Waals surface area contributed by atoms with E-state index in [0.717, 1.165) is 10.5 Å². The maximum absolute atomic E-state index is 13.0. The Balaban J connectivity index is 1.94. The van der Waals surface area contributed by atoms with Crippen LogP contribution in [0.15, 0.2) is 83.8 Å². The van der Waals surface area contributed by atoms with Crippen molar-refractivity contribution in [3.8, 4) is 0 Å². The topological polar surface area (TPSA) is 17.1 Å². The normalized spacial score (nSPS) is 11.9. The molecule has 3 aromatic rings. The molecule has 120 valence electrons. The fraction of sp³-hybridized carbons (Fsp3) is 0.0500. The van der Waals surface area contributed by atoms with Gasteiger partial charge in [-0.2, -0.15) is 0 Å². The Kier molecular flexibility index (Phi) is 5.62. The standard InChI is InChI=1S/C20H14Cl2OS/c21-16-8-6-14(7-9-16)19(23)20(15-4-2-1-3-5-15)24-18-12-10-17(22)11-13-18/h1-13,20H/t20-/m1/s1. The number of halogens is 2. The van der Waals surface area contributed by atoms with Crippen LogP contribution in [0.5, 0.6) is 0 Å². The molecule has 3 aromatic carbocycles. The van der Waals surface area contributed by atoms with E-state index in [-0.39, 0.29) is 11.0 Å². The summed E-state index contributed by atoms with van der Waals surface area (Å²) in [7, 11) is 0. The van der Waals surface area contributed by atoms with Gasteiger partial charge in [0.15, 0.2) is 5.78 Å². The molecule has 1 nitrogen and oxygen atoms in total. The molecule has 0 saturated heterocycles. The molecule has 4 heteroatoms. The molecule has 24 heavy (non-hydrogen) atoms. The van der Waals surface area contributed by atoms with E-state index in [9.17, 15) is 4.79 Å². The molecule has 3 rings (SSSR count). The van der Waals surface area contributed by atoms with Crippen molar-refractivity contribution in [3.05, 3.63) is 100 Å². The lowest BCUT2D eigenvalue weighted by molar-refractivity contribution is 0.0989. The van der Waals surface area contributed by atoms with Crippen LogP contribution < -0.4 is 0 Å². The molecule has 0 amide bonds. The highest BCUT2D eigenvalue weighted by Gasteiger charge is 2.23. The summed E-state index contributed by atoms with van der Waals surface area (Å²) < 4.78 is 0. The second kappa shape index (κ2) is 7.89. The molecule has 0 unspecified atom stereocenters. The van der Waals surface area contributed by atoms with Gasteiger partial charge in [0.05, 0.1) is 5.25 Å². The first-order valence-electron chi connectivity index (χ1n) is 7.40. The third-order valence-electron chi connectivity index (χ3n) is 3.54. The number of rotatable bonds is 5. The quantitative estimate of drug-likeness (QED) is 0.365. The second-order valence-electron chi connectivity index (χ2n) is 5.23. The number of hydrogen-bond donors (Lipinski definition) is 0. The second-order valence-corrected chi connectivity index (χ2v) is 7.29. The van der Waals surface area contributed by atoms with E-state index in [1.54, 1.807) is 24.3 Å². The fourth-order valence-electron chi connectivity index (χ4n) is 2.32. The van der Waals surface area contributed by atoms with E-state index in [4.69, 9.17) is 23.2 Å². The van der Waals surface area contributed by atoms with Crippen molar-refractivity contribution >= 4 is 40.7 Å². The maximum atomic E-state index is 13.0. The van der Waals surface area contributed by atoms with Gasteiger partial charge in [-0.15, -0.1) is 11.8 Å². The molecule has 0 aliphatic rings. The van der Waals surface area contributed by atoms with Gasteiger partial charge in [0.1, 0.15) is 0 Å². The molecule has 0 radical (unpaired) electrons. The number of thioether (sulfide) groups is 1. The minimum absolute atomic E-state index is 0.0535. The Bertz CT molecular complexity index is 815. The van der Waals surface area contributed by atoms with Crippen molar-refractivity contribution in [2.24, 2.45) is 0 Å². The molecular formula is C20H14Cl2OS. The minimum Gasteiger partial charge on any atom is -0.293 e. The molecule has 1 atom stereocenters. The van der Waals surface area contributed by atoms with Gasteiger partial charge in [-0.3, -0.25) is 4.79 Å². The first kappa shape index (κ1) is 17.1. The number of ketones is 1. The molecule has 0 fully saturated rings. The number of carbonyl (C=O) groups excluding carboxylic acids is 1. The van der Waals surface area contributed by atoms with Crippen LogP contribution in [0.25, 0.3) is 0 Å². The summed E-state index contributed by atoms with van der Waals surface area (Å²) in [5.41, 5.74) is 1.62. The van der Waals surface area contributed by atoms with Crippen molar-refractivity contribution in [1.82, 2.24) is 0 Å². The first-order valence-corrected chi connectivity index (χ1v) is 9.04. The van der Waals surface area contributed by atoms with Gasteiger partial charge in [0.25, 0.3) is 0 Å². The molecule has 0 heterocycles. The Hall–Kier alpha value is -1.74. The SMILES string of the molecule is O=C(c1ccc(Cl)cc1)[C@H](Sc1ccc(Cl)cc1)c1ccccc1. The Morgan fingerprint density at radius 3 is 1.88 bits per heavy atom. The lowest BCUT2D eigenvalue weighted by Crippen LogP contribution is -2.09. The van der Waals surface area contributed by atoms with Crippen LogP contribution in [0, 0.1) is 0 Å². The number of benzene rings is 3. The average molecular weight is 373 g/mol. The highest BCUT2D eigenvalue weighted by atomic mass is 35.5. The van der Waals surface area contributed by atoms with Crippen molar-refractivity contribution in [3.63, 3.8) is 0 Å². The van der Waals surface area contributed by atoms with Crippen molar-refractivity contribution in [2.45, 2.75) is 10.1 Å². The van der Waals surface area contributed by atoms with Gasteiger partial charge in [0, 0.05) is 20.5 Å². The molecule has 0 aliphatic heterocycles. The van der Waals surface area contributed by atoms with E-state index in [1.165, 1.54) is 11.8 Å². The third-order valence-corrected chi connectivity index (χ3v) is 5.31. The zero-order valence-corrected chi connectivity index (χ0v) is 15.0. The monoisotopic (exact) mass is 372 g/mol. The summed E-state index contributed by atoms with van der Waals surface area (Å²) in [6, 6.07) is 24.3. The van der Waals surface area contributed by atoms with Gasteiger partial charge >= 0.3 is 0 Å². The average Bonchev–Trinajstić information content (AvgIpc) is 2.62. The zero-order valence-electron chi connectivity index (χ0n) is 12.7. The van der Waals surface area contributed by atoms with Crippen LogP contribution in [0.4, 0.5) is 0 Å². The van der Waals surface area contributed by atoms with Crippen molar-refractivity contribution in [2.75, 3.05) is 0 Å². The predicted molar refractivity (Wildman–Crippen MR) is 102 cm³/mol. The first-order chi connectivity index (χ1) is 11.6. The van der Waals surface area contributed by atoms with Crippen LogP contribution in [0.2, 0.25) is 10.0 Å². The summed E-state index contributed by atoms with van der Waals surface area (Å²) >= 11 is 13.4. The number of carbonyl (C=O) groups is 1. The van der Waals surface area contributed by atoms with E-state index in [2.05, 4.69) is 0 Å². The van der Waals surface area contributed by atoms with Gasteiger partial charge in [-0.05, 0) is 54.1 Å². The fourth-order valence-corrected chi connectivity index (χ4v) is 3.67. The Morgan fingerprint density at radius 1 is 0.750 bits per heavy atom. The van der Waals surface area contributed by atoms with E-state index >= 15 is 0 Å². The van der Waals surface area contributed by atoms with E-state index < -0.39 is 0 Å². The van der Waals surface area contributed by atoms with Crippen LogP contribution in [0.1, 0.15) is 21.2 Å². The summed E-state index contributed by atoms with van der Waals surface area (Å²) in [6.07, 6.45) is 0. The molecule has 0 aromatic heterocycles. The molecular weight excluding hydrogens is 359 g/mol. The molecule has 0 saturated carbocycles. The molecule has 0 aliphatic carbocycles. The third kappa shape index (κ3) is 4.21. The maximum Gasteiger partial charge on any atom is 0.180 e. The summed E-state index contributed by atoms with van der Waals surface area (Å²) in [5.74, 6) is 0.0535. The van der Waals surface area contributed by atoms with Crippen LogP contribution in [0.3, 0.4) is 0 Å². The Morgan fingerprint density at radius 2 is 1.29 bits per heavy atom. The van der Waals surface area contributed by atoms with E-state index in [0.29, 0.717) is 15.6 Å². The predicted octanol–water partition coefficient (Wildman–Crippen LogP) is 6.71. The summed E-state index contributed by atoms with van der Waals surface area (Å²) in [4.78, 5) is 14.0. The minimum atomic E-state index is -0.325. The molecule has 0 bridgehead atoms. The molecule has 0 N–H and O–H groups in total. The van der Waals surface area contributed by atoms with Crippen molar-refractivity contribution in [1.29, 1.82) is 0 Å². The van der Waals surface area contributed by atoms with Crippen LogP contribution in [-0.2, 0) is 0 Å². The van der Waals surface area contributed by atoms with Crippen LogP contribution >= 0.6 is 35.0 Å². The summed E-state index contributed by atoms with van der Waals surface area (Å²) in [6.45, 7) is 0. The van der Waals surface area contributed by atoms with Crippen molar-refractivity contribution < 1.29 is 4.79 Å². The molecule has 0 spiro atoms. The number of hydrogen-bond acceptors (Lipinski definition) is 2. The zero-order chi connectivity index (χ0) is 16.9. The largest absolute Gasteiger partial charge is 0.293 e. The van der Waals surface area contributed by atoms with Crippen LogP contribution in [-0.4, -0.2) is 5.78 Å². The number of Topliss-reactive ketones (excluding diaryl/α,β-unsaturated/α-hetero) is 1. The van der Waals surface area contributed by atoms with Gasteiger partial charge in [0.2, 0.25) is 0 Å². The lowest BCUT2D eigenvalue weighted by atomic mass is 10.0. The van der Waals surface area contributed by atoms with Gasteiger partial charge in [-0.1, -0.05) is 53.5 Å². The smallest absolute Gasteiger partial charge is 0.180 e. The van der Waals surface area contributed by atoms with Gasteiger partial charge < -0.3 is 0 Å². The lowest BCUT2D eigenvalue weighted by Gasteiger charge is -2.16. The highest BCUT2D eigenvalue weighted by molar-refractivity contribution is 8.00. The Labute approximate surface area is 155 Å². The summed E-state index contributed by atoms with van der Waals surface area (Å²) in [5, 5.41) is 0.973. The van der Waals surface area contributed by atoms with E-state index in [1.807, 2.05) is 54.6 Å². The highest BCUT2D eigenvalue weighted by Crippen LogP contribution is 2.38.